The van der Waals surface area contributed by atoms with Gasteiger partial charge in [0.15, 0.2) is 5.82 Å². The van der Waals surface area contributed by atoms with Gasteiger partial charge < -0.3 is 4.90 Å². The number of fused-ring (bicyclic) bond motifs is 2. The van der Waals surface area contributed by atoms with Gasteiger partial charge in [-0.2, -0.15) is 13.2 Å². The molecule has 0 radical (unpaired) electrons. The molecule has 1 aliphatic heterocycles. The highest BCUT2D eigenvalue weighted by molar-refractivity contribution is 6.01. The lowest BCUT2D eigenvalue weighted by atomic mass is 10.00. The first kappa shape index (κ1) is 23.8. The van der Waals surface area contributed by atoms with Crippen molar-refractivity contribution in [3.63, 3.8) is 0 Å². The molecule has 2 fully saturated rings. The number of amides is 2. The van der Waals surface area contributed by atoms with E-state index in [1.165, 1.54) is 48.5 Å². The Hall–Kier alpha value is -3.89. The van der Waals surface area contributed by atoms with Crippen molar-refractivity contribution < 1.29 is 27.2 Å². The zero-order valence-corrected chi connectivity index (χ0v) is 19.1. The standard InChI is InChI=1S/C25H21F4N5O2/c1-14(35)34(21-7-6-16(12-32-21)25(27,28)29)20-11-15-10-19(20)33(13-15)24(36)17-4-2-5-18(26)22(17)23-30-8-3-9-31-23/h2-9,12,15,19-20H,10-11,13H2,1H3. The van der Waals surface area contributed by atoms with E-state index in [9.17, 15) is 27.2 Å². The molecule has 1 aliphatic carbocycles. The molecule has 36 heavy (non-hydrogen) atoms. The number of carbonyl (C=O) groups excluding carboxylic acids is 2. The van der Waals surface area contributed by atoms with Gasteiger partial charge in [0.1, 0.15) is 11.6 Å². The maximum Gasteiger partial charge on any atom is 0.417 e. The highest BCUT2D eigenvalue weighted by Crippen LogP contribution is 2.43. The van der Waals surface area contributed by atoms with E-state index in [4.69, 9.17) is 0 Å². The van der Waals surface area contributed by atoms with Crippen LogP contribution in [0.1, 0.15) is 35.7 Å². The molecular weight excluding hydrogens is 478 g/mol. The average molecular weight is 499 g/mol. The molecule has 11 heteroatoms. The molecule has 2 aromatic heterocycles. The van der Waals surface area contributed by atoms with Crippen molar-refractivity contribution in [3.8, 4) is 11.4 Å². The van der Waals surface area contributed by atoms with Crippen LogP contribution in [0.25, 0.3) is 11.4 Å². The second kappa shape index (κ2) is 8.96. The van der Waals surface area contributed by atoms with Crippen molar-refractivity contribution in [2.75, 3.05) is 11.4 Å². The van der Waals surface area contributed by atoms with Crippen LogP contribution in [0.4, 0.5) is 23.4 Å². The Kier molecular flexibility index (Phi) is 5.93. The molecule has 2 aliphatic rings. The van der Waals surface area contributed by atoms with E-state index in [2.05, 4.69) is 15.0 Å². The monoisotopic (exact) mass is 499 g/mol. The van der Waals surface area contributed by atoms with Gasteiger partial charge in [0.25, 0.3) is 5.91 Å². The molecule has 2 amide bonds. The van der Waals surface area contributed by atoms with Crippen LogP contribution in [0.3, 0.4) is 0 Å². The lowest BCUT2D eigenvalue weighted by Crippen LogP contribution is -2.54. The number of benzene rings is 1. The summed E-state index contributed by atoms with van der Waals surface area (Å²) in [4.78, 5) is 41.3. The van der Waals surface area contributed by atoms with E-state index in [0.717, 1.165) is 6.07 Å². The second-order valence-corrected chi connectivity index (χ2v) is 8.96. The van der Waals surface area contributed by atoms with Gasteiger partial charge in [-0.05, 0) is 49.1 Å². The quantitative estimate of drug-likeness (QED) is 0.499. The Morgan fingerprint density at radius 2 is 1.78 bits per heavy atom. The number of aromatic nitrogens is 3. The summed E-state index contributed by atoms with van der Waals surface area (Å²) in [6.45, 7) is 1.74. The Morgan fingerprint density at radius 1 is 1.03 bits per heavy atom. The Labute approximate surface area is 203 Å². The van der Waals surface area contributed by atoms with E-state index in [0.29, 0.717) is 25.6 Å². The molecule has 1 saturated heterocycles. The highest BCUT2D eigenvalue weighted by atomic mass is 19.4. The number of halogens is 4. The van der Waals surface area contributed by atoms with Gasteiger partial charge in [0, 0.05) is 32.1 Å². The molecular formula is C25H21F4N5O2. The molecule has 3 heterocycles. The number of nitrogens with zero attached hydrogens (tertiary/aromatic N) is 5. The number of hydrogen-bond acceptors (Lipinski definition) is 5. The summed E-state index contributed by atoms with van der Waals surface area (Å²) < 4.78 is 53.8. The minimum atomic E-state index is -4.55. The topological polar surface area (TPSA) is 79.3 Å². The van der Waals surface area contributed by atoms with Crippen molar-refractivity contribution >= 4 is 17.6 Å². The lowest BCUT2D eigenvalue weighted by Gasteiger charge is -2.39. The molecule has 1 saturated carbocycles. The number of pyridine rings is 1. The van der Waals surface area contributed by atoms with Gasteiger partial charge in [-0.3, -0.25) is 14.5 Å². The van der Waals surface area contributed by atoms with Crippen molar-refractivity contribution in [2.45, 2.75) is 38.0 Å². The maximum atomic E-state index is 14.8. The third-order valence-corrected chi connectivity index (χ3v) is 6.74. The fourth-order valence-corrected chi connectivity index (χ4v) is 5.28. The van der Waals surface area contributed by atoms with Crippen molar-refractivity contribution in [3.05, 3.63) is 71.9 Å². The molecule has 7 nitrogen and oxygen atoms in total. The summed E-state index contributed by atoms with van der Waals surface area (Å²) >= 11 is 0. The van der Waals surface area contributed by atoms with Crippen LogP contribution in [0.2, 0.25) is 0 Å². The van der Waals surface area contributed by atoms with Crippen LogP contribution in [0.5, 0.6) is 0 Å². The van der Waals surface area contributed by atoms with E-state index in [1.54, 1.807) is 11.0 Å². The Morgan fingerprint density at radius 3 is 2.39 bits per heavy atom. The molecule has 3 atom stereocenters. The van der Waals surface area contributed by atoms with E-state index in [-0.39, 0.29) is 28.7 Å². The molecule has 186 valence electrons. The van der Waals surface area contributed by atoms with Gasteiger partial charge >= 0.3 is 6.18 Å². The fraction of sp³-hybridized carbons (Fsp3) is 0.320. The van der Waals surface area contributed by atoms with Crippen LogP contribution in [0.15, 0.2) is 55.0 Å². The molecule has 3 unspecified atom stereocenters. The van der Waals surface area contributed by atoms with Crippen molar-refractivity contribution in [1.82, 2.24) is 19.9 Å². The first-order valence-electron chi connectivity index (χ1n) is 11.3. The molecule has 0 N–H and O–H groups in total. The Balaban J connectivity index is 1.46. The van der Waals surface area contributed by atoms with Gasteiger partial charge in [-0.15, -0.1) is 0 Å². The molecule has 1 aromatic carbocycles. The summed E-state index contributed by atoms with van der Waals surface area (Å²) in [6, 6.07) is 6.94. The van der Waals surface area contributed by atoms with E-state index >= 15 is 0 Å². The zero-order chi connectivity index (χ0) is 25.6. The van der Waals surface area contributed by atoms with E-state index in [1.807, 2.05) is 0 Å². The number of carbonyl (C=O) groups is 2. The Bertz CT molecular complexity index is 1300. The second-order valence-electron chi connectivity index (χ2n) is 8.96. The predicted molar refractivity (Wildman–Crippen MR) is 121 cm³/mol. The smallest absolute Gasteiger partial charge is 0.333 e. The lowest BCUT2D eigenvalue weighted by molar-refractivity contribution is -0.137. The van der Waals surface area contributed by atoms with Crippen molar-refractivity contribution in [2.24, 2.45) is 5.92 Å². The summed E-state index contributed by atoms with van der Waals surface area (Å²) in [6.07, 6.45) is 0.257. The number of alkyl halides is 3. The first-order chi connectivity index (χ1) is 17.1. The van der Waals surface area contributed by atoms with Crippen LogP contribution >= 0.6 is 0 Å². The third-order valence-electron chi connectivity index (χ3n) is 6.74. The SMILES string of the molecule is CC(=O)N(c1ccc(C(F)(F)F)cn1)C1CC2CC1N(C(=O)c1cccc(F)c1-c1ncccn1)C2. The minimum Gasteiger partial charge on any atom is -0.333 e. The largest absolute Gasteiger partial charge is 0.417 e. The van der Waals surface area contributed by atoms with Crippen LogP contribution in [-0.2, 0) is 11.0 Å². The first-order valence-corrected chi connectivity index (χ1v) is 11.3. The summed E-state index contributed by atoms with van der Waals surface area (Å²) in [5.74, 6) is -1.18. The number of piperidine rings is 1. The normalized spacial score (nSPS) is 21.0. The number of hydrogen-bond donors (Lipinski definition) is 0. The number of rotatable bonds is 4. The van der Waals surface area contributed by atoms with Gasteiger partial charge in [0.2, 0.25) is 5.91 Å². The molecule has 5 rings (SSSR count). The maximum absolute atomic E-state index is 14.8. The number of anilines is 1. The fourth-order valence-electron chi connectivity index (χ4n) is 5.28. The summed E-state index contributed by atoms with van der Waals surface area (Å²) in [7, 11) is 0. The third kappa shape index (κ3) is 4.18. The predicted octanol–water partition coefficient (Wildman–Crippen LogP) is 4.35. The van der Waals surface area contributed by atoms with Gasteiger partial charge in [-0.25, -0.2) is 19.3 Å². The molecule has 2 bridgehead atoms. The van der Waals surface area contributed by atoms with Crippen LogP contribution < -0.4 is 4.90 Å². The molecule has 3 aromatic rings. The van der Waals surface area contributed by atoms with Crippen molar-refractivity contribution in [1.29, 1.82) is 0 Å². The van der Waals surface area contributed by atoms with E-state index < -0.39 is 41.5 Å². The van der Waals surface area contributed by atoms with Gasteiger partial charge in [-0.1, -0.05) is 6.07 Å². The molecule has 0 spiro atoms. The number of likely N-dealkylation sites (tertiary alicyclic amines) is 1. The summed E-state index contributed by atoms with van der Waals surface area (Å²) in [5.41, 5.74) is -0.814. The minimum absolute atomic E-state index is 0.00439. The summed E-state index contributed by atoms with van der Waals surface area (Å²) in [5, 5.41) is 0. The van der Waals surface area contributed by atoms with Crippen LogP contribution in [0, 0.1) is 11.7 Å². The average Bonchev–Trinajstić information content (AvgIpc) is 3.45. The zero-order valence-electron chi connectivity index (χ0n) is 19.1. The van der Waals surface area contributed by atoms with Gasteiger partial charge in [0.05, 0.1) is 28.8 Å². The van der Waals surface area contributed by atoms with Crippen LogP contribution in [-0.4, -0.2) is 50.3 Å². The highest BCUT2D eigenvalue weighted by Gasteiger charge is 2.50.